The lowest BCUT2D eigenvalue weighted by atomic mass is 10.3. The molecular weight excluding hydrogens is 224 g/mol. The molecule has 1 rings (SSSR count). The van der Waals surface area contributed by atoms with E-state index in [1.54, 1.807) is 18.2 Å². The van der Waals surface area contributed by atoms with Crippen LogP contribution in [0.2, 0.25) is 0 Å². The Labute approximate surface area is 92.5 Å². The van der Waals surface area contributed by atoms with Gasteiger partial charge in [-0.25, -0.2) is 8.42 Å². The summed E-state index contributed by atoms with van der Waals surface area (Å²) in [5, 5.41) is 2.86. The zero-order valence-corrected chi connectivity index (χ0v) is 10.5. The van der Waals surface area contributed by atoms with Crippen molar-refractivity contribution < 1.29 is 8.42 Å². The quantitative estimate of drug-likeness (QED) is 0.765. The van der Waals surface area contributed by atoms with Crippen LogP contribution < -0.4 is 5.32 Å². The summed E-state index contributed by atoms with van der Waals surface area (Å²) in [6, 6.07) is 0.0844. The predicted molar refractivity (Wildman–Crippen MR) is 60.3 cm³/mol. The summed E-state index contributed by atoms with van der Waals surface area (Å²) in [6.07, 6.45) is 0. The number of nitrogens with zero attached hydrogens (tertiary/aromatic N) is 1. The molecule has 1 aliphatic rings. The fourth-order valence-electron chi connectivity index (χ4n) is 1.47. The highest BCUT2D eigenvalue weighted by molar-refractivity contribution is 7.89. The van der Waals surface area contributed by atoms with Crippen molar-refractivity contribution in [3.05, 3.63) is 0 Å². The summed E-state index contributed by atoms with van der Waals surface area (Å²) in [7, 11) is -3.06. The van der Waals surface area contributed by atoms with Crippen LogP contribution in [0.25, 0.3) is 0 Å². The molecule has 1 heterocycles. The molecule has 0 aliphatic carbocycles. The molecule has 1 fully saturated rings. The van der Waals surface area contributed by atoms with Crippen LogP contribution in [0.1, 0.15) is 20.8 Å². The standard InChI is InChI=1S/C8H18N2O2S.ClH/c1-7(2)13(11,12)10-5-4-9-6-8(10)3;/h7-9H,4-6H2,1-3H3;1H/t8-;/m1./s1. The van der Waals surface area contributed by atoms with Crippen LogP contribution in [0, 0.1) is 0 Å². The third kappa shape index (κ3) is 2.82. The fraction of sp³-hybridized carbons (Fsp3) is 1.00. The molecule has 0 spiro atoms. The third-order valence-electron chi connectivity index (χ3n) is 2.36. The number of rotatable bonds is 2. The van der Waals surface area contributed by atoms with Gasteiger partial charge in [-0.15, -0.1) is 12.4 Å². The van der Waals surface area contributed by atoms with Crippen LogP contribution >= 0.6 is 12.4 Å². The first-order valence-electron chi connectivity index (χ1n) is 4.67. The van der Waals surface area contributed by atoms with E-state index in [1.807, 2.05) is 6.92 Å². The molecule has 6 heteroatoms. The van der Waals surface area contributed by atoms with E-state index in [4.69, 9.17) is 0 Å². The van der Waals surface area contributed by atoms with E-state index in [0.717, 1.165) is 13.1 Å². The zero-order valence-electron chi connectivity index (χ0n) is 8.86. The van der Waals surface area contributed by atoms with Gasteiger partial charge >= 0.3 is 0 Å². The van der Waals surface area contributed by atoms with Crippen LogP contribution in [-0.2, 0) is 10.0 Å². The Morgan fingerprint density at radius 1 is 1.43 bits per heavy atom. The van der Waals surface area contributed by atoms with Crippen LogP contribution in [0.5, 0.6) is 0 Å². The van der Waals surface area contributed by atoms with Gasteiger partial charge in [0.05, 0.1) is 5.25 Å². The maximum atomic E-state index is 11.8. The van der Waals surface area contributed by atoms with E-state index in [0.29, 0.717) is 6.54 Å². The number of piperazine rings is 1. The van der Waals surface area contributed by atoms with Crippen LogP contribution in [0.15, 0.2) is 0 Å². The smallest absolute Gasteiger partial charge is 0.216 e. The van der Waals surface area contributed by atoms with Crippen LogP contribution in [0.4, 0.5) is 0 Å². The van der Waals surface area contributed by atoms with Crippen molar-refractivity contribution in [3.63, 3.8) is 0 Å². The van der Waals surface area contributed by atoms with Gasteiger partial charge in [-0.3, -0.25) is 0 Å². The molecule has 4 nitrogen and oxygen atoms in total. The van der Waals surface area contributed by atoms with Crippen molar-refractivity contribution >= 4 is 22.4 Å². The Morgan fingerprint density at radius 2 is 2.00 bits per heavy atom. The minimum atomic E-state index is -3.06. The molecule has 14 heavy (non-hydrogen) atoms. The largest absolute Gasteiger partial charge is 0.314 e. The predicted octanol–water partition coefficient (Wildman–Crippen LogP) is 0.440. The molecule has 0 saturated carbocycles. The average molecular weight is 243 g/mol. The highest BCUT2D eigenvalue weighted by atomic mass is 35.5. The minimum Gasteiger partial charge on any atom is -0.314 e. The summed E-state index contributed by atoms with van der Waals surface area (Å²) < 4.78 is 25.2. The van der Waals surface area contributed by atoms with Crippen LogP contribution in [-0.4, -0.2) is 43.6 Å². The first-order valence-corrected chi connectivity index (χ1v) is 6.18. The molecule has 0 amide bonds. The molecule has 1 N–H and O–H groups in total. The van der Waals surface area contributed by atoms with E-state index in [-0.39, 0.29) is 23.7 Å². The van der Waals surface area contributed by atoms with Crippen molar-refractivity contribution in [1.29, 1.82) is 0 Å². The van der Waals surface area contributed by atoms with E-state index in [1.165, 1.54) is 0 Å². The molecule has 0 aromatic carbocycles. The lowest BCUT2D eigenvalue weighted by Gasteiger charge is -2.34. The summed E-state index contributed by atoms with van der Waals surface area (Å²) >= 11 is 0. The molecule has 0 aromatic heterocycles. The number of halogens is 1. The molecule has 0 aromatic rings. The molecule has 1 atom stereocenters. The van der Waals surface area contributed by atoms with Gasteiger partial charge in [0.2, 0.25) is 10.0 Å². The second-order valence-corrected chi connectivity index (χ2v) is 6.20. The van der Waals surface area contributed by atoms with Gasteiger partial charge in [-0.2, -0.15) is 4.31 Å². The van der Waals surface area contributed by atoms with Crippen LogP contribution in [0.3, 0.4) is 0 Å². The minimum absolute atomic E-state index is 0. The van der Waals surface area contributed by atoms with E-state index in [9.17, 15) is 8.42 Å². The van der Waals surface area contributed by atoms with Gasteiger partial charge in [-0.1, -0.05) is 0 Å². The monoisotopic (exact) mass is 242 g/mol. The average Bonchev–Trinajstić information content (AvgIpc) is 2.04. The van der Waals surface area contributed by atoms with Gasteiger partial charge in [0.25, 0.3) is 0 Å². The Morgan fingerprint density at radius 3 is 2.43 bits per heavy atom. The highest BCUT2D eigenvalue weighted by Gasteiger charge is 2.31. The van der Waals surface area contributed by atoms with Crippen molar-refractivity contribution in [2.24, 2.45) is 0 Å². The summed E-state index contributed by atoms with van der Waals surface area (Å²) in [5.41, 5.74) is 0. The summed E-state index contributed by atoms with van der Waals surface area (Å²) in [6.45, 7) is 7.50. The molecule has 0 radical (unpaired) electrons. The summed E-state index contributed by atoms with van der Waals surface area (Å²) in [5.74, 6) is 0. The van der Waals surface area contributed by atoms with Crippen molar-refractivity contribution in [2.75, 3.05) is 19.6 Å². The van der Waals surface area contributed by atoms with E-state index >= 15 is 0 Å². The number of hydrogen-bond donors (Lipinski definition) is 1. The maximum Gasteiger partial charge on any atom is 0.216 e. The highest BCUT2D eigenvalue weighted by Crippen LogP contribution is 2.13. The molecule has 0 bridgehead atoms. The number of sulfonamides is 1. The van der Waals surface area contributed by atoms with Crippen molar-refractivity contribution in [3.8, 4) is 0 Å². The summed E-state index contributed by atoms with van der Waals surface area (Å²) in [4.78, 5) is 0. The van der Waals surface area contributed by atoms with Gasteiger partial charge in [0, 0.05) is 25.7 Å². The molecule has 0 unspecified atom stereocenters. The number of nitrogens with one attached hydrogen (secondary N) is 1. The number of hydrogen-bond acceptors (Lipinski definition) is 3. The topological polar surface area (TPSA) is 49.4 Å². The Hall–Kier alpha value is 0.160. The lowest BCUT2D eigenvalue weighted by Crippen LogP contribution is -2.53. The lowest BCUT2D eigenvalue weighted by molar-refractivity contribution is 0.282. The maximum absolute atomic E-state index is 11.8. The normalized spacial score (nSPS) is 24.7. The zero-order chi connectivity index (χ0) is 10.1. The molecule has 86 valence electrons. The first kappa shape index (κ1) is 14.2. The first-order chi connectivity index (χ1) is 5.96. The molecule has 1 aliphatic heterocycles. The van der Waals surface area contributed by atoms with E-state index in [2.05, 4.69) is 5.32 Å². The van der Waals surface area contributed by atoms with Crippen molar-refractivity contribution in [2.45, 2.75) is 32.1 Å². The fourth-order valence-corrected chi connectivity index (χ4v) is 2.93. The van der Waals surface area contributed by atoms with Gasteiger partial charge in [0.1, 0.15) is 0 Å². The molecule has 1 saturated heterocycles. The SMILES string of the molecule is CC(C)S(=O)(=O)N1CCNC[C@H]1C.Cl. The second kappa shape index (κ2) is 5.30. The Balaban J connectivity index is 0.00000169. The van der Waals surface area contributed by atoms with Crippen molar-refractivity contribution in [1.82, 2.24) is 9.62 Å². The molecular formula is C8H19ClN2O2S. The van der Waals surface area contributed by atoms with Gasteiger partial charge in [0.15, 0.2) is 0 Å². The van der Waals surface area contributed by atoms with Gasteiger partial charge in [-0.05, 0) is 20.8 Å². The third-order valence-corrected chi connectivity index (χ3v) is 4.75. The Kier molecular flexibility index (Phi) is 5.36. The van der Waals surface area contributed by atoms with Gasteiger partial charge < -0.3 is 5.32 Å². The Bertz CT molecular complexity index is 267. The second-order valence-electron chi connectivity index (χ2n) is 3.76. The van der Waals surface area contributed by atoms with E-state index < -0.39 is 10.0 Å².